The molecule has 2 heterocycles. The van der Waals surface area contributed by atoms with Crippen molar-refractivity contribution in [3.05, 3.63) is 12.2 Å². The number of thioether (sulfide) groups is 1. The summed E-state index contributed by atoms with van der Waals surface area (Å²) in [6.45, 7) is 3.57. The normalized spacial score (nSPS) is 32.2. The lowest BCUT2D eigenvalue weighted by molar-refractivity contribution is 0.183. The van der Waals surface area contributed by atoms with Crippen molar-refractivity contribution in [2.45, 2.75) is 12.6 Å². The van der Waals surface area contributed by atoms with Crippen LogP contribution in [0, 0.1) is 0 Å². The average Bonchev–Trinajstić information content (AvgIpc) is 2.21. The van der Waals surface area contributed by atoms with E-state index in [1.165, 1.54) is 31.0 Å². The molecule has 12 heavy (non-hydrogen) atoms. The standard InChI is InChI=1S/C9H16N2S/c1-2-4-10-9(3-1)11-5-7-12-8-6-11/h1-2,9-10H,3-8H2. The van der Waals surface area contributed by atoms with Crippen molar-refractivity contribution in [1.29, 1.82) is 0 Å². The largest absolute Gasteiger partial charge is 0.298 e. The zero-order chi connectivity index (χ0) is 8.23. The highest BCUT2D eigenvalue weighted by Crippen LogP contribution is 2.14. The van der Waals surface area contributed by atoms with Crippen LogP contribution in [-0.2, 0) is 0 Å². The van der Waals surface area contributed by atoms with E-state index in [0.717, 1.165) is 6.54 Å². The van der Waals surface area contributed by atoms with E-state index in [2.05, 4.69) is 34.1 Å². The predicted octanol–water partition coefficient (Wildman–Crippen LogP) is 0.911. The quantitative estimate of drug-likeness (QED) is 0.610. The molecular weight excluding hydrogens is 168 g/mol. The molecule has 1 unspecified atom stereocenters. The van der Waals surface area contributed by atoms with Gasteiger partial charge in [-0.25, -0.2) is 0 Å². The molecule has 0 bridgehead atoms. The minimum absolute atomic E-state index is 0.621. The maximum absolute atomic E-state index is 3.52. The van der Waals surface area contributed by atoms with E-state index >= 15 is 0 Å². The van der Waals surface area contributed by atoms with Crippen molar-refractivity contribution in [2.75, 3.05) is 31.1 Å². The molecule has 1 atom stereocenters. The highest BCUT2D eigenvalue weighted by molar-refractivity contribution is 7.99. The van der Waals surface area contributed by atoms with Gasteiger partial charge in [0.1, 0.15) is 0 Å². The highest BCUT2D eigenvalue weighted by Gasteiger charge is 2.19. The summed E-state index contributed by atoms with van der Waals surface area (Å²) in [4.78, 5) is 2.57. The van der Waals surface area contributed by atoms with Crippen LogP contribution in [-0.4, -0.2) is 42.2 Å². The third-order valence-corrected chi connectivity index (χ3v) is 3.43. The summed E-state index contributed by atoms with van der Waals surface area (Å²) >= 11 is 2.08. The Balaban J connectivity index is 1.85. The van der Waals surface area contributed by atoms with E-state index in [0.29, 0.717) is 6.17 Å². The van der Waals surface area contributed by atoms with Crippen LogP contribution in [0.25, 0.3) is 0 Å². The van der Waals surface area contributed by atoms with Crippen molar-refractivity contribution in [3.8, 4) is 0 Å². The van der Waals surface area contributed by atoms with Gasteiger partial charge in [0.2, 0.25) is 0 Å². The monoisotopic (exact) mass is 184 g/mol. The minimum Gasteiger partial charge on any atom is -0.298 e. The second-order valence-corrected chi connectivity index (χ2v) is 4.50. The maximum Gasteiger partial charge on any atom is 0.0635 e. The molecule has 0 aromatic carbocycles. The van der Waals surface area contributed by atoms with Gasteiger partial charge >= 0.3 is 0 Å². The molecule has 0 spiro atoms. The van der Waals surface area contributed by atoms with Crippen LogP contribution in [0.3, 0.4) is 0 Å². The van der Waals surface area contributed by atoms with Gasteiger partial charge in [-0.15, -0.1) is 0 Å². The summed E-state index contributed by atoms with van der Waals surface area (Å²) in [5, 5.41) is 3.52. The SMILES string of the molecule is C1=CCC(N2CCSCC2)NC1. The first-order chi connectivity index (χ1) is 5.97. The molecule has 68 valence electrons. The second kappa shape index (κ2) is 4.30. The third-order valence-electron chi connectivity index (χ3n) is 2.48. The van der Waals surface area contributed by atoms with Crippen molar-refractivity contribution in [1.82, 2.24) is 10.2 Å². The molecule has 0 radical (unpaired) electrons. The summed E-state index contributed by atoms with van der Waals surface area (Å²) in [5.74, 6) is 2.61. The Hall–Kier alpha value is 0.01000. The van der Waals surface area contributed by atoms with Crippen LogP contribution in [0.4, 0.5) is 0 Å². The predicted molar refractivity (Wildman–Crippen MR) is 54.4 cm³/mol. The summed E-state index contributed by atoms with van der Waals surface area (Å²) in [7, 11) is 0. The zero-order valence-electron chi connectivity index (χ0n) is 7.33. The molecule has 0 aliphatic carbocycles. The van der Waals surface area contributed by atoms with E-state index in [1.807, 2.05) is 0 Å². The molecule has 0 amide bonds. The van der Waals surface area contributed by atoms with E-state index < -0.39 is 0 Å². The van der Waals surface area contributed by atoms with Crippen molar-refractivity contribution in [2.24, 2.45) is 0 Å². The first kappa shape index (κ1) is 8.60. The fourth-order valence-corrected chi connectivity index (χ4v) is 2.69. The average molecular weight is 184 g/mol. The van der Waals surface area contributed by atoms with Gasteiger partial charge in [0, 0.05) is 31.1 Å². The van der Waals surface area contributed by atoms with Crippen molar-refractivity contribution < 1.29 is 0 Å². The Labute approximate surface area is 78.4 Å². The number of nitrogens with zero attached hydrogens (tertiary/aromatic N) is 1. The van der Waals surface area contributed by atoms with Crippen LogP contribution in [0.15, 0.2) is 12.2 Å². The van der Waals surface area contributed by atoms with E-state index in [4.69, 9.17) is 0 Å². The van der Waals surface area contributed by atoms with Gasteiger partial charge in [-0.1, -0.05) is 12.2 Å². The molecule has 2 aliphatic heterocycles. The van der Waals surface area contributed by atoms with Gasteiger partial charge in [-0.3, -0.25) is 10.2 Å². The smallest absolute Gasteiger partial charge is 0.0635 e. The summed E-state index contributed by atoms with van der Waals surface area (Å²) < 4.78 is 0. The van der Waals surface area contributed by atoms with Gasteiger partial charge in [0.05, 0.1) is 6.17 Å². The Morgan fingerprint density at radius 3 is 2.75 bits per heavy atom. The van der Waals surface area contributed by atoms with Crippen molar-refractivity contribution in [3.63, 3.8) is 0 Å². The van der Waals surface area contributed by atoms with Gasteiger partial charge in [-0.05, 0) is 6.42 Å². The van der Waals surface area contributed by atoms with E-state index in [-0.39, 0.29) is 0 Å². The molecule has 0 saturated carbocycles. The Kier molecular flexibility index (Phi) is 3.08. The Morgan fingerprint density at radius 1 is 1.25 bits per heavy atom. The molecule has 1 N–H and O–H groups in total. The number of rotatable bonds is 1. The molecule has 0 aromatic rings. The molecule has 1 fully saturated rings. The topological polar surface area (TPSA) is 15.3 Å². The Morgan fingerprint density at radius 2 is 2.08 bits per heavy atom. The van der Waals surface area contributed by atoms with Crippen LogP contribution in [0.1, 0.15) is 6.42 Å². The first-order valence-corrected chi connectivity index (χ1v) is 5.82. The van der Waals surface area contributed by atoms with Crippen LogP contribution < -0.4 is 5.32 Å². The van der Waals surface area contributed by atoms with E-state index in [1.54, 1.807) is 0 Å². The minimum atomic E-state index is 0.621. The van der Waals surface area contributed by atoms with Crippen molar-refractivity contribution >= 4 is 11.8 Å². The lowest BCUT2D eigenvalue weighted by Gasteiger charge is -2.35. The second-order valence-electron chi connectivity index (χ2n) is 3.28. The van der Waals surface area contributed by atoms with Crippen LogP contribution >= 0.6 is 11.8 Å². The van der Waals surface area contributed by atoms with Crippen LogP contribution in [0.2, 0.25) is 0 Å². The maximum atomic E-state index is 3.52. The van der Waals surface area contributed by atoms with Crippen LogP contribution in [0.5, 0.6) is 0 Å². The number of nitrogens with one attached hydrogen (secondary N) is 1. The molecule has 1 saturated heterocycles. The molecule has 2 aliphatic rings. The fraction of sp³-hybridized carbons (Fsp3) is 0.778. The summed E-state index contributed by atoms with van der Waals surface area (Å²) in [6.07, 6.45) is 6.32. The summed E-state index contributed by atoms with van der Waals surface area (Å²) in [6, 6.07) is 0. The lowest BCUT2D eigenvalue weighted by Crippen LogP contribution is -2.50. The first-order valence-electron chi connectivity index (χ1n) is 4.67. The summed E-state index contributed by atoms with van der Waals surface area (Å²) in [5.41, 5.74) is 0. The molecular formula is C9H16N2S. The fourth-order valence-electron chi connectivity index (χ4n) is 1.76. The van der Waals surface area contributed by atoms with Gasteiger partial charge < -0.3 is 0 Å². The van der Waals surface area contributed by atoms with Gasteiger partial charge in [-0.2, -0.15) is 11.8 Å². The third kappa shape index (κ3) is 2.03. The molecule has 0 aromatic heterocycles. The van der Waals surface area contributed by atoms with Gasteiger partial charge in [0.15, 0.2) is 0 Å². The molecule has 2 nitrogen and oxygen atoms in total. The zero-order valence-corrected chi connectivity index (χ0v) is 8.15. The Bertz CT molecular complexity index is 164. The number of hydrogen-bond donors (Lipinski definition) is 1. The van der Waals surface area contributed by atoms with E-state index in [9.17, 15) is 0 Å². The number of hydrogen-bond acceptors (Lipinski definition) is 3. The highest BCUT2D eigenvalue weighted by atomic mass is 32.2. The lowest BCUT2D eigenvalue weighted by atomic mass is 10.2. The molecule has 3 heteroatoms. The molecule has 2 rings (SSSR count). The van der Waals surface area contributed by atoms with Gasteiger partial charge in [0.25, 0.3) is 0 Å².